The summed E-state index contributed by atoms with van der Waals surface area (Å²) in [6.07, 6.45) is 5.01. The maximum atomic E-state index is 13.0. The standard InChI is InChI=1S/C15H23N3O2S/c19-21(20,17-11-5-1-2-6-12-17)18-13-7-10-16-14-8-3-4-9-15(14)18/h3-4,8-9,16H,1-2,5-7,10-13H2. The molecule has 2 heterocycles. The lowest BCUT2D eigenvalue weighted by molar-refractivity contribution is 0.421. The third-order valence-corrected chi connectivity index (χ3v) is 6.15. The normalized spacial score (nSPS) is 21.0. The van der Waals surface area contributed by atoms with Crippen LogP contribution in [0.15, 0.2) is 24.3 Å². The molecule has 0 saturated carbocycles. The van der Waals surface area contributed by atoms with Crippen molar-refractivity contribution >= 4 is 21.6 Å². The van der Waals surface area contributed by atoms with Gasteiger partial charge in [-0.25, -0.2) is 0 Å². The molecule has 0 spiro atoms. The molecule has 21 heavy (non-hydrogen) atoms. The van der Waals surface area contributed by atoms with E-state index in [4.69, 9.17) is 0 Å². The van der Waals surface area contributed by atoms with Gasteiger partial charge in [0, 0.05) is 26.2 Å². The number of nitrogens with one attached hydrogen (secondary N) is 1. The van der Waals surface area contributed by atoms with E-state index in [1.807, 2.05) is 24.3 Å². The molecule has 0 radical (unpaired) electrons. The minimum absolute atomic E-state index is 0.544. The Kier molecular flexibility index (Phi) is 4.35. The molecule has 0 bridgehead atoms. The maximum Gasteiger partial charge on any atom is 0.304 e. The van der Waals surface area contributed by atoms with E-state index in [0.717, 1.165) is 50.0 Å². The first-order chi connectivity index (χ1) is 10.2. The number of anilines is 2. The van der Waals surface area contributed by atoms with E-state index >= 15 is 0 Å². The molecule has 5 nitrogen and oxygen atoms in total. The molecule has 1 saturated heterocycles. The van der Waals surface area contributed by atoms with Crippen LogP contribution >= 0.6 is 0 Å². The monoisotopic (exact) mass is 309 g/mol. The van der Waals surface area contributed by atoms with Gasteiger partial charge in [-0.3, -0.25) is 4.31 Å². The molecule has 3 rings (SSSR count). The Bertz CT molecular complexity index is 580. The molecule has 1 N–H and O–H groups in total. The number of fused-ring (bicyclic) bond motifs is 1. The van der Waals surface area contributed by atoms with Crippen LogP contribution in [0.4, 0.5) is 11.4 Å². The molecule has 1 aromatic carbocycles. The summed E-state index contributed by atoms with van der Waals surface area (Å²) in [5.41, 5.74) is 1.69. The molecule has 6 heteroatoms. The van der Waals surface area contributed by atoms with E-state index in [0.29, 0.717) is 19.6 Å². The number of benzene rings is 1. The van der Waals surface area contributed by atoms with Crippen molar-refractivity contribution in [1.29, 1.82) is 0 Å². The van der Waals surface area contributed by atoms with Crippen LogP contribution in [0.25, 0.3) is 0 Å². The smallest absolute Gasteiger partial charge is 0.304 e. The second-order valence-electron chi connectivity index (χ2n) is 5.69. The molecule has 0 unspecified atom stereocenters. The number of hydrogen-bond donors (Lipinski definition) is 1. The third kappa shape index (κ3) is 3.01. The average molecular weight is 309 g/mol. The SMILES string of the molecule is O=S(=O)(N1CCCCCC1)N1CCCNc2ccccc21. The first-order valence-corrected chi connectivity index (χ1v) is 9.20. The highest BCUT2D eigenvalue weighted by Gasteiger charge is 2.32. The van der Waals surface area contributed by atoms with Crippen molar-refractivity contribution in [3.63, 3.8) is 0 Å². The molecule has 1 aromatic rings. The Labute approximate surface area is 127 Å². The highest BCUT2D eigenvalue weighted by atomic mass is 32.2. The van der Waals surface area contributed by atoms with E-state index in [1.165, 1.54) is 0 Å². The quantitative estimate of drug-likeness (QED) is 0.913. The Balaban J connectivity index is 1.94. The summed E-state index contributed by atoms with van der Waals surface area (Å²) in [4.78, 5) is 0. The Hall–Kier alpha value is -1.27. The van der Waals surface area contributed by atoms with Gasteiger partial charge in [-0.2, -0.15) is 12.7 Å². The summed E-state index contributed by atoms with van der Waals surface area (Å²) in [7, 11) is -3.42. The fourth-order valence-electron chi connectivity index (χ4n) is 3.06. The van der Waals surface area contributed by atoms with Crippen LogP contribution in [0.1, 0.15) is 32.1 Å². The lowest BCUT2D eigenvalue weighted by Gasteiger charge is -2.30. The first-order valence-electron chi connectivity index (χ1n) is 7.80. The third-order valence-electron chi connectivity index (χ3n) is 4.20. The molecule has 0 amide bonds. The van der Waals surface area contributed by atoms with Crippen LogP contribution in [0.5, 0.6) is 0 Å². The van der Waals surface area contributed by atoms with Crippen LogP contribution in [0.2, 0.25) is 0 Å². The van der Waals surface area contributed by atoms with Crippen molar-refractivity contribution in [2.24, 2.45) is 0 Å². The summed E-state index contributed by atoms with van der Waals surface area (Å²) >= 11 is 0. The zero-order valence-electron chi connectivity index (χ0n) is 12.3. The zero-order chi connectivity index (χ0) is 14.7. The predicted octanol–water partition coefficient (Wildman–Crippen LogP) is 2.43. The molecule has 0 aromatic heterocycles. The number of para-hydroxylation sites is 2. The van der Waals surface area contributed by atoms with E-state index in [-0.39, 0.29) is 0 Å². The fourth-order valence-corrected chi connectivity index (χ4v) is 4.82. The van der Waals surface area contributed by atoms with Gasteiger partial charge in [-0.05, 0) is 31.4 Å². The molecule has 0 aliphatic carbocycles. The van der Waals surface area contributed by atoms with Gasteiger partial charge < -0.3 is 5.32 Å². The predicted molar refractivity (Wildman–Crippen MR) is 85.9 cm³/mol. The molecule has 2 aliphatic rings. The molecular weight excluding hydrogens is 286 g/mol. The van der Waals surface area contributed by atoms with Gasteiger partial charge in [-0.15, -0.1) is 0 Å². The fraction of sp³-hybridized carbons (Fsp3) is 0.600. The van der Waals surface area contributed by atoms with Crippen LogP contribution in [-0.4, -0.2) is 38.9 Å². The van der Waals surface area contributed by atoms with Crippen molar-refractivity contribution in [2.45, 2.75) is 32.1 Å². The number of rotatable bonds is 2. The summed E-state index contributed by atoms with van der Waals surface area (Å²) in [6.45, 7) is 2.65. The topological polar surface area (TPSA) is 52.7 Å². The molecule has 0 atom stereocenters. The summed E-state index contributed by atoms with van der Waals surface area (Å²) in [6, 6.07) is 7.68. The number of nitrogens with zero attached hydrogens (tertiary/aromatic N) is 2. The molecule has 1 fully saturated rings. The minimum Gasteiger partial charge on any atom is -0.383 e. The average Bonchev–Trinajstić information content (AvgIpc) is 2.88. The Morgan fingerprint density at radius 3 is 2.38 bits per heavy atom. The van der Waals surface area contributed by atoms with Crippen LogP contribution in [0, 0.1) is 0 Å². The first kappa shape index (κ1) is 14.7. The minimum atomic E-state index is -3.42. The second-order valence-corrected chi connectivity index (χ2v) is 7.54. The maximum absolute atomic E-state index is 13.0. The summed E-state index contributed by atoms with van der Waals surface area (Å²) in [5, 5.41) is 3.32. The summed E-state index contributed by atoms with van der Waals surface area (Å²) < 4.78 is 29.3. The van der Waals surface area contributed by atoms with Crippen molar-refractivity contribution in [3.05, 3.63) is 24.3 Å². The second kappa shape index (κ2) is 6.23. The molecular formula is C15H23N3O2S. The molecule has 116 valence electrons. The van der Waals surface area contributed by atoms with E-state index < -0.39 is 10.2 Å². The zero-order valence-corrected chi connectivity index (χ0v) is 13.1. The van der Waals surface area contributed by atoms with Gasteiger partial charge in [0.15, 0.2) is 0 Å². The van der Waals surface area contributed by atoms with Gasteiger partial charge in [0.25, 0.3) is 0 Å². The highest BCUT2D eigenvalue weighted by molar-refractivity contribution is 7.90. The van der Waals surface area contributed by atoms with Gasteiger partial charge in [-0.1, -0.05) is 25.0 Å². The number of hydrogen-bond acceptors (Lipinski definition) is 3. The van der Waals surface area contributed by atoms with E-state index in [1.54, 1.807) is 8.61 Å². The van der Waals surface area contributed by atoms with Crippen molar-refractivity contribution in [1.82, 2.24) is 4.31 Å². The lowest BCUT2D eigenvalue weighted by Crippen LogP contribution is -2.44. The van der Waals surface area contributed by atoms with E-state index in [2.05, 4.69) is 5.32 Å². The largest absolute Gasteiger partial charge is 0.383 e. The van der Waals surface area contributed by atoms with Crippen LogP contribution in [0.3, 0.4) is 0 Å². The van der Waals surface area contributed by atoms with Crippen molar-refractivity contribution in [2.75, 3.05) is 35.8 Å². The van der Waals surface area contributed by atoms with Gasteiger partial charge in [0.2, 0.25) is 0 Å². The van der Waals surface area contributed by atoms with Crippen molar-refractivity contribution in [3.8, 4) is 0 Å². The van der Waals surface area contributed by atoms with Gasteiger partial charge >= 0.3 is 10.2 Å². The Morgan fingerprint density at radius 1 is 0.905 bits per heavy atom. The van der Waals surface area contributed by atoms with Crippen LogP contribution < -0.4 is 9.62 Å². The van der Waals surface area contributed by atoms with Gasteiger partial charge in [0.1, 0.15) is 0 Å². The highest BCUT2D eigenvalue weighted by Crippen LogP contribution is 2.31. The van der Waals surface area contributed by atoms with Crippen LogP contribution in [-0.2, 0) is 10.2 Å². The van der Waals surface area contributed by atoms with Gasteiger partial charge in [0.05, 0.1) is 11.4 Å². The summed E-state index contributed by atoms with van der Waals surface area (Å²) in [5.74, 6) is 0. The lowest BCUT2D eigenvalue weighted by atomic mass is 10.2. The molecule has 2 aliphatic heterocycles. The van der Waals surface area contributed by atoms with E-state index in [9.17, 15) is 8.42 Å². The van der Waals surface area contributed by atoms with Crippen molar-refractivity contribution < 1.29 is 8.42 Å². The Morgan fingerprint density at radius 2 is 1.62 bits per heavy atom.